The third-order valence-corrected chi connectivity index (χ3v) is 8.18. The lowest BCUT2D eigenvalue weighted by atomic mass is 9.89. The number of nitrogens with one attached hydrogen (secondary N) is 1. The Balaban J connectivity index is 1.21. The van der Waals surface area contributed by atoms with Gasteiger partial charge in [0.05, 0.1) is 11.4 Å². The highest BCUT2D eigenvalue weighted by molar-refractivity contribution is 7.99. The van der Waals surface area contributed by atoms with E-state index in [1.807, 2.05) is 11.8 Å². The molecule has 1 N–H and O–H groups in total. The number of hydrogen-bond donors (Lipinski definition) is 1. The van der Waals surface area contributed by atoms with Crippen molar-refractivity contribution in [3.63, 3.8) is 0 Å². The second-order valence-corrected chi connectivity index (χ2v) is 10.4. The fourth-order valence-electron chi connectivity index (χ4n) is 5.66. The predicted molar refractivity (Wildman–Crippen MR) is 131 cm³/mol. The van der Waals surface area contributed by atoms with Crippen LogP contribution in [0.15, 0.2) is 41.3 Å². The van der Waals surface area contributed by atoms with Gasteiger partial charge >= 0.3 is 0 Å². The fraction of sp³-hybridized carbons (Fsp3) is 0.462. The van der Waals surface area contributed by atoms with Gasteiger partial charge in [-0.1, -0.05) is 12.1 Å². The van der Waals surface area contributed by atoms with Crippen LogP contribution in [0.4, 0.5) is 15.8 Å². The quantitative estimate of drug-likeness (QED) is 0.611. The Kier molecular flexibility index (Phi) is 6.43. The maximum Gasteiger partial charge on any atom is 0.221 e. The molecule has 174 valence electrons. The number of fused-ring (bicyclic) bond motifs is 3. The molecular formula is C26H30FN3O2S. The van der Waals surface area contributed by atoms with E-state index >= 15 is 0 Å². The van der Waals surface area contributed by atoms with Crippen molar-refractivity contribution in [2.75, 3.05) is 42.1 Å². The van der Waals surface area contributed by atoms with E-state index in [4.69, 9.17) is 0 Å². The van der Waals surface area contributed by atoms with E-state index in [1.54, 1.807) is 0 Å². The van der Waals surface area contributed by atoms with Gasteiger partial charge in [0.2, 0.25) is 5.91 Å². The Labute approximate surface area is 198 Å². The standard InChI is InChI=1S/C26H30FN3O2S/c1-17(31)28-22-15-18(27)8-9-20(22)24(32)6-3-11-29-13-10-23-21(16-29)19-5-2-7-25-26(19)30(23)12-4-14-33-25/h2,5,7-9,15,21,23H,3-4,6,10-14,16H2,1H3,(H,28,31)/t21-,23-/m1/s1. The number of rotatable bonds is 6. The van der Waals surface area contributed by atoms with Gasteiger partial charge in [-0.3, -0.25) is 9.59 Å². The maximum atomic E-state index is 13.6. The monoisotopic (exact) mass is 467 g/mol. The van der Waals surface area contributed by atoms with Gasteiger partial charge in [0.25, 0.3) is 0 Å². The molecule has 5 rings (SSSR count). The van der Waals surface area contributed by atoms with Crippen molar-refractivity contribution in [2.24, 2.45) is 0 Å². The first-order chi connectivity index (χ1) is 16.0. The van der Waals surface area contributed by atoms with Crippen LogP contribution in [0.5, 0.6) is 0 Å². The average Bonchev–Trinajstić information content (AvgIpc) is 2.94. The maximum absolute atomic E-state index is 13.6. The highest BCUT2D eigenvalue weighted by Gasteiger charge is 2.43. The molecule has 0 unspecified atom stereocenters. The van der Waals surface area contributed by atoms with Gasteiger partial charge < -0.3 is 15.1 Å². The molecule has 0 bridgehead atoms. The van der Waals surface area contributed by atoms with E-state index in [0.717, 1.165) is 39.0 Å². The minimum absolute atomic E-state index is 0.0603. The lowest BCUT2D eigenvalue weighted by molar-refractivity contribution is -0.114. The van der Waals surface area contributed by atoms with E-state index < -0.39 is 5.82 Å². The van der Waals surface area contributed by atoms with Crippen molar-refractivity contribution in [1.29, 1.82) is 0 Å². The van der Waals surface area contributed by atoms with Crippen LogP contribution in [-0.2, 0) is 4.79 Å². The Morgan fingerprint density at radius 3 is 2.94 bits per heavy atom. The summed E-state index contributed by atoms with van der Waals surface area (Å²) in [6.45, 7) is 5.46. The van der Waals surface area contributed by atoms with E-state index in [0.29, 0.717) is 23.9 Å². The molecule has 33 heavy (non-hydrogen) atoms. The summed E-state index contributed by atoms with van der Waals surface area (Å²) >= 11 is 1.99. The van der Waals surface area contributed by atoms with E-state index in [2.05, 4.69) is 33.3 Å². The predicted octanol–water partition coefficient (Wildman–Crippen LogP) is 4.92. The summed E-state index contributed by atoms with van der Waals surface area (Å²) in [6, 6.07) is 11.3. The molecule has 7 heteroatoms. The zero-order valence-corrected chi connectivity index (χ0v) is 19.8. The molecule has 5 nitrogen and oxygen atoms in total. The number of carbonyl (C=O) groups is 2. The smallest absolute Gasteiger partial charge is 0.221 e. The molecule has 3 heterocycles. The summed E-state index contributed by atoms with van der Waals surface area (Å²) in [5.74, 6) is 0.888. The zero-order valence-electron chi connectivity index (χ0n) is 19.0. The number of likely N-dealkylation sites (tertiary alicyclic amines) is 1. The average molecular weight is 468 g/mol. The molecule has 3 aliphatic rings. The summed E-state index contributed by atoms with van der Waals surface area (Å²) in [5, 5.41) is 2.58. The number of ketones is 1. The Hall–Kier alpha value is -2.38. The summed E-state index contributed by atoms with van der Waals surface area (Å²) in [5.41, 5.74) is 3.61. The summed E-state index contributed by atoms with van der Waals surface area (Å²) in [4.78, 5) is 30.8. The van der Waals surface area contributed by atoms with Crippen LogP contribution in [-0.4, -0.2) is 54.6 Å². The first-order valence-corrected chi connectivity index (χ1v) is 12.8. The van der Waals surface area contributed by atoms with Crippen molar-refractivity contribution in [3.8, 4) is 0 Å². The topological polar surface area (TPSA) is 52.7 Å². The van der Waals surface area contributed by atoms with E-state index in [9.17, 15) is 14.0 Å². The van der Waals surface area contributed by atoms with Gasteiger partial charge in [-0.15, -0.1) is 11.8 Å². The largest absolute Gasteiger partial charge is 0.367 e. The number of para-hydroxylation sites is 1. The Morgan fingerprint density at radius 1 is 1.21 bits per heavy atom. The number of thioether (sulfide) groups is 1. The third kappa shape index (κ3) is 4.53. The molecular weight excluding hydrogens is 437 g/mol. The first-order valence-electron chi connectivity index (χ1n) is 11.9. The molecule has 0 spiro atoms. The van der Waals surface area contributed by atoms with Crippen molar-refractivity contribution < 1.29 is 14.0 Å². The molecule has 0 aromatic heterocycles. The van der Waals surface area contributed by atoms with Crippen LogP contribution in [0.25, 0.3) is 0 Å². The second kappa shape index (κ2) is 9.47. The minimum atomic E-state index is -0.467. The minimum Gasteiger partial charge on any atom is -0.367 e. The van der Waals surface area contributed by atoms with Crippen molar-refractivity contribution >= 4 is 34.8 Å². The molecule has 1 amide bonds. The summed E-state index contributed by atoms with van der Waals surface area (Å²) < 4.78 is 13.6. The molecule has 0 radical (unpaired) electrons. The Bertz CT molecular complexity index is 1080. The lowest BCUT2D eigenvalue weighted by Crippen LogP contribution is -2.46. The number of halogens is 1. The molecule has 0 aliphatic carbocycles. The van der Waals surface area contributed by atoms with Gasteiger partial charge in [-0.25, -0.2) is 4.39 Å². The number of piperidine rings is 1. The van der Waals surface area contributed by atoms with Gasteiger partial charge in [0.15, 0.2) is 5.78 Å². The normalized spacial score (nSPS) is 21.8. The van der Waals surface area contributed by atoms with Crippen molar-refractivity contribution in [1.82, 2.24) is 4.90 Å². The van der Waals surface area contributed by atoms with Crippen molar-refractivity contribution in [3.05, 3.63) is 53.3 Å². The van der Waals surface area contributed by atoms with Crippen LogP contribution < -0.4 is 10.2 Å². The van der Waals surface area contributed by atoms with Crippen LogP contribution in [0.1, 0.15) is 54.4 Å². The lowest BCUT2D eigenvalue weighted by Gasteiger charge is -2.39. The van der Waals surface area contributed by atoms with E-state index in [-0.39, 0.29) is 17.4 Å². The Morgan fingerprint density at radius 2 is 2.09 bits per heavy atom. The fourth-order valence-corrected chi connectivity index (χ4v) is 6.70. The number of nitrogens with zero attached hydrogens (tertiary/aromatic N) is 2. The highest BCUT2D eigenvalue weighted by Crippen LogP contribution is 2.50. The molecule has 1 fully saturated rings. The van der Waals surface area contributed by atoms with Crippen LogP contribution in [0.2, 0.25) is 0 Å². The number of amides is 1. The molecule has 0 saturated carbocycles. The molecule has 2 aromatic carbocycles. The van der Waals surface area contributed by atoms with Gasteiger partial charge in [0.1, 0.15) is 5.82 Å². The molecule has 2 atom stereocenters. The molecule has 3 aliphatic heterocycles. The number of Topliss-reactive ketones (excluding diaryl/α,β-unsaturated/α-hetero) is 1. The number of carbonyl (C=O) groups excluding carboxylic acids is 2. The summed E-state index contributed by atoms with van der Waals surface area (Å²) in [7, 11) is 0. The highest BCUT2D eigenvalue weighted by atomic mass is 32.2. The second-order valence-electron chi connectivity index (χ2n) is 9.25. The first kappa shape index (κ1) is 22.4. The SMILES string of the molecule is CC(=O)Nc1cc(F)ccc1C(=O)CCCN1CC[C@@H]2[C@H](C1)c1cccc3c1N2CCCS3. The van der Waals surface area contributed by atoms with Crippen LogP contribution in [0.3, 0.4) is 0 Å². The number of anilines is 2. The van der Waals surface area contributed by atoms with Crippen LogP contribution >= 0.6 is 11.8 Å². The number of hydrogen-bond acceptors (Lipinski definition) is 5. The molecule has 2 aromatic rings. The zero-order chi connectivity index (χ0) is 22.9. The van der Waals surface area contributed by atoms with E-state index in [1.165, 1.54) is 53.4 Å². The van der Waals surface area contributed by atoms with Gasteiger partial charge in [-0.05, 0) is 61.4 Å². The molecule has 1 saturated heterocycles. The number of benzene rings is 2. The summed E-state index contributed by atoms with van der Waals surface area (Å²) in [6.07, 6.45) is 3.52. The third-order valence-electron chi connectivity index (χ3n) is 7.05. The van der Waals surface area contributed by atoms with Gasteiger partial charge in [0, 0.05) is 55.4 Å². The van der Waals surface area contributed by atoms with Crippen LogP contribution in [0, 0.1) is 5.82 Å². The van der Waals surface area contributed by atoms with Crippen molar-refractivity contribution in [2.45, 2.75) is 49.5 Å². The van der Waals surface area contributed by atoms with Gasteiger partial charge in [-0.2, -0.15) is 0 Å².